The molecule has 0 bridgehead atoms. The number of hydrogen-bond donors (Lipinski definition) is 3. The van der Waals surface area contributed by atoms with E-state index in [1.807, 2.05) is 42.5 Å². The highest BCUT2D eigenvalue weighted by Gasteiger charge is 2.49. The van der Waals surface area contributed by atoms with Crippen molar-refractivity contribution in [3.05, 3.63) is 60.2 Å². The standard InChI is InChI=1S/C23H26N6O5/c1-28-20-19(21(31)26-23(28)32)29(13-16(30)14-34-18-6-4-3-5-7-18)22(25-20)27-24-12-15-8-10-17(33-2)11-9-15/h3-12,16,19-20,30H,13-14H2,1-2H3,(H,25,27)(H,26,31,32)/b24-12+. The third-order valence-corrected chi connectivity index (χ3v) is 5.45. The summed E-state index contributed by atoms with van der Waals surface area (Å²) in [5, 5.41) is 17.2. The summed E-state index contributed by atoms with van der Waals surface area (Å²) in [5.41, 5.74) is 3.66. The van der Waals surface area contributed by atoms with Crippen LogP contribution in [0.3, 0.4) is 0 Å². The molecular weight excluding hydrogens is 440 g/mol. The normalized spacial score (nSPS) is 20.6. The summed E-state index contributed by atoms with van der Waals surface area (Å²) in [6.45, 7) is 0.0457. The lowest BCUT2D eigenvalue weighted by Crippen LogP contribution is -2.64. The van der Waals surface area contributed by atoms with Gasteiger partial charge in [-0.25, -0.2) is 15.2 Å². The molecule has 0 aliphatic carbocycles. The van der Waals surface area contributed by atoms with Crippen LogP contribution in [0.1, 0.15) is 5.56 Å². The number of rotatable bonds is 8. The van der Waals surface area contributed by atoms with Gasteiger partial charge in [-0.15, -0.1) is 0 Å². The smallest absolute Gasteiger partial charge is 0.325 e. The number of aliphatic imine (C=N–C) groups is 1. The number of aliphatic hydroxyl groups excluding tert-OH is 1. The van der Waals surface area contributed by atoms with Gasteiger partial charge in [0, 0.05) is 7.05 Å². The number of aliphatic hydroxyl groups is 1. The molecule has 11 nitrogen and oxygen atoms in total. The molecule has 3 amide bonds. The number of urea groups is 1. The highest BCUT2D eigenvalue weighted by molar-refractivity contribution is 6.03. The Labute approximate surface area is 196 Å². The second-order valence-electron chi connectivity index (χ2n) is 7.79. The summed E-state index contributed by atoms with van der Waals surface area (Å²) in [5.74, 6) is 1.11. The first kappa shape index (κ1) is 23.1. The largest absolute Gasteiger partial charge is 0.497 e. The zero-order chi connectivity index (χ0) is 24.1. The van der Waals surface area contributed by atoms with Crippen molar-refractivity contribution in [2.75, 3.05) is 27.3 Å². The summed E-state index contributed by atoms with van der Waals surface area (Å²) in [7, 11) is 3.15. The molecule has 2 aromatic rings. The van der Waals surface area contributed by atoms with E-state index < -0.39 is 30.2 Å². The van der Waals surface area contributed by atoms with E-state index >= 15 is 0 Å². The van der Waals surface area contributed by atoms with E-state index in [4.69, 9.17) is 9.47 Å². The van der Waals surface area contributed by atoms with Crippen LogP contribution in [0.2, 0.25) is 0 Å². The highest BCUT2D eigenvalue weighted by Crippen LogP contribution is 2.23. The van der Waals surface area contributed by atoms with E-state index in [1.54, 1.807) is 37.4 Å². The van der Waals surface area contributed by atoms with E-state index in [1.165, 1.54) is 4.90 Å². The number of carbonyl (C=O) groups excluding carboxylic acids is 2. The van der Waals surface area contributed by atoms with E-state index in [0.29, 0.717) is 5.75 Å². The predicted octanol–water partition coefficient (Wildman–Crippen LogP) is 0.607. The first-order valence-electron chi connectivity index (χ1n) is 10.7. The van der Waals surface area contributed by atoms with Crippen LogP contribution in [-0.4, -0.2) is 84.6 Å². The Hall–Kier alpha value is -4.12. The molecule has 178 valence electrons. The maximum atomic E-state index is 12.6. The number of β-amino-alcohol motifs (C(OH)–C–C–N with tert-alkyl or cyclic N) is 1. The molecule has 2 aromatic carbocycles. The van der Waals surface area contributed by atoms with Crippen LogP contribution >= 0.6 is 0 Å². The second-order valence-corrected chi connectivity index (χ2v) is 7.79. The molecule has 3 unspecified atom stereocenters. The Bertz CT molecular complexity index is 1080. The average Bonchev–Trinajstić information content (AvgIpc) is 3.21. The predicted molar refractivity (Wildman–Crippen MR) is 125 cm³/mol. The minimum Gasteiger partial charge on any atom is -0.497 e. The molecule has 0 aromatic heterocycles. The topological polar surface area (TPSA) is 128 Å². The molecule has 1 saturated heterocycles. The number of hydrazone groups is 1. The fraction of sp³-hybridized carbons (Fsp3) is 0.304. The molecule has 0 saturated carbocycles. The van der Waals surface area contributed by atoms with Gasteiger partial charge in [-0.05, 0) is 42.0 Å². The van der Waals surface area contributed by atoms with E-state index in [0.717, 1.165) is 11.3 Å². The van der Waals surface area contributed by atoms with Crippen molar-refractivity contribution < 1.29 is 24.2 Å². The van der Waals surface area contributed by atoms with Gasteiger partial charge in [0.05, 0.1) is 19.9 Å². The number of guanidine groups is 1. The van der Waals surface area contributed by atoms with Crippen LogP contribution in [-0.2, 0) is 4.79 Å². The minimum absolute atomic E-state index is 0.0106. The molecule has 2 aliphatic heterocycles. The number of para-hydroxylation sites is 1. The third-order valence-electron chi connectivity index (χ3n) is 5.45. The first-order valence-corrected chi connectivity index (χ1v) is 10.7. The second kappa shape index (κ2) is 10.2. The molecule has 2 aliphatic rings. The molecule has 3 atom stereocenters. The highest BCUT2D eigenvalue weighted by atomic mass is 16.5. The van der Waals surface area contributed by atoms with Crippen LogP contribution in [0, 0.1) is 0 Å². The summed E-state index contributed by atoms with van der Waals surface area (Å²) in [4.78, 5) is 32.1. The number of ether oxygens (including phenoxy) is 2. The van der Waals surface area contributed by atoms with Crippen molar-refractivity contribution in [1.29, 1.82) is 0 Å². The number of carbonyl (C=O) groups is 2. The van der Waals surface area contributed by atoms with Gasteiger partial charge in [0.15, 0.2) is 12.2 Å². The molecule has 11 heteroatoms. The van der Waals surface area contributed by atoms with Gasteiger partial charge in [0.25, 0.3) is 5.91 Å². The third kappa shape index (κ3) is 5.09. The fourth-order valence-corrected chi connectivity index (χ4v) is 3.66. The van der Waals surface area contributed by atoms with Crippen molar-refractivity contribution in [1.82, 2.24) is 20.5 Å². The van der Waals surface area contributed by atoms with Crippen molar-refractivity contribution in [3.63, 3.8) is 0 Å². The van der Waals surface area contributed by atoms with E-state index in [2.05, 4.69) is 20.8 Å². The van der Waals surface area contributed by atoms with Crippen LogP contribution in [0.15, 0.2) is 64.7 Å². The SMILES string of the molecule is COc1ccc(/C=N/NC2=NC3C(C(=O)NC(=O)N3C)N2CC(O)COc2ccccc2)cc1. The summed E-state index contributed by atoms with van der Waals surface area (Å²) < 4.78 is 10.8. The number of benzene rings is 2. The number of nitrogens with one attached hydrogen (secondary N) is 2. The zero-order valence-corrected chi connectivity index (χ0v) is 18.8. The summed E-state index contributed by atoms with van der Waals surface area (Å²) in [6, 6.07) is 15.1. The summed E-state index contributed by atoms with van der Waals surface area (Å²) in [6.07, 6.45) is -0.0964. The van der Waals surface area contributed by atoms with Crippen molar-refractivity contribution >= 4 is 24.1 Å². The average molecular weight is 466 g/mol. The Kier molecular flexibility index (Phi) is 6.93. The maximum absolute atomic E-state index is 12.6. The molecule has 2 heterocycles. The Morgan fingerprint density at radius 1 is 1.18 bits per heavy atom. The fourth-order valence-electron chi connectivity index (χ4n) is 3.66. The van der Waals surface area contributed by atoms with Crippen LogP contribution in [0.5, 0.6) is 11.5 Å². The van der Waals surface area contributed by atoms with Crippen molar-refractivity contribution in [2.24, 2.45) is 10.1 Å². The molecule has 1 fully saturated rings. The van der Waals surface area contributed by atoms with Gasteiger partial charge in [0.2, 0.25) is 5.96 Å². The number of methoxy groups -OCH3 is 1. The summed E-state index contributed by atoms with van der Waals surface area (Å²) >= 11 is 0. The van der Waals surface area contributed by atoms with Gasteiger partial charge in [-0.2, -0.15) is 5.10 Å². The molecular formula is C23H26N6O5. The van der Waals surface area contributed by atoms with Gasteiger partial charge < -0.3 is 24.4 Å². The lowest BCUT2D eigenvalue weighted by molar-refractivity contribution is -0.127. The van der Waals surface area contributed by atoms with Gasteiger partial charge in [0.1, 0.15) is 24.2 Å². The van der Waals surface area contributed by atoms with Crippen molar-refractivity contribution in [3.8, 4) is 11.5 Å². The lowest BCUT2D eigenvalue weighted by atomic mass is 10.1. The van der Waals surface area contributed by atoms with Gasteiger partial charge in [-0.3, -0.25) is 10.1 Å². The number of hydrogen-bond acceptors (Lipinski definition) is 9. The molecule has 4 rings (SSSR count). The minimum atomic E-state index is -0.938. The van der Waals surface area contributed by atoms with Crippen LogP contribution in [0.4, 0.5) is 4.79 Å². The molecule has 3 N–H and O–H groups in total. The van der Waals surface area contributed by atoms with Crippen LogP contribution < -0.4 is 20.2 Å². The van der Waals surface area contributed by atoms with Gasteiger partial charge >= 0.3 is 6.03 Å². The molecule has 34 heavy (non-hydrogen) atoms. The maximum Gasteiger partial charge on any atom is 0.325 e. The van der Waals surface area contributed by atoms with Crippen LogP contribution in [0.25, 0.3) is 0 Å². The Morgan fingerprint density at radius 2 is 1.91 bits per heavy atom. The number of nitrogens with zero attached hydrogens (tertiary/aromatic N) is 4. The van der Waals surface area contributed by atoms with Gasteiger partial charge in [-0.1, -0.05) is 18.2 Å². The number of imide groups is 1. The quantitative estimate of drug-likeness (QED) is 0.384. The Morgan fingerprint density at radius 3 is 2.62 bits per heavy atom. The number of fused-ring (bicyclic) bond motifs is 1. The number of likely N-dealkylation sites (N-methyl/N-ethyl adjacent to an activating group) is 1. The van der Waals surface area contributed by atoms with E-state index in [9.17, 15) is 14.7 Å². The number of amides is 3. The molecule has 0 spiro atoms. The van der Waals surface area contributed by atoms with E-state index in [-0.39, 0.29) is 19.1 Å². The monoisotopic (exact) mass is 466 g/mol. The first-order chi connectivity index (χ1) is 16.5. The zero-order valence-electron chi connectivity index (χ0n) is 18.8. The van der Waals surface area contributed by atoms with Crippen molar-refractivity contribution in [2.45, 2.75) is 18.3 Å². The Balaban J connectivity index is 1.47. The lowest BCUT2D eigenvalue weighted by Gasteiger charge is -2.36. The molecule has 0 radical (unpaired) electrons.